The van der Waals surface area contributed by atoms with E-state index in [2.05, 4.69) is 9.15 Å². The predicted octanol–water partition coefficient (Wildman–Crippen LogP) is 2.04. The maximum absolute atomic E-state index is 11.6. The van der Waals surface area contributed by atoms with Crippen LogP contribution in [-0.2, 0) is 4.74 Å². The van der Waals surface area contributed by atoms with Gasteiger partial charge in [-0.05, 0) is 6.07 Å². The highest BCUT2D eigenvalue weighted by Gasteiger charge is 2.27. The van der Waals surface area contributed by atoms with E-state index in [-0.39, 0.29) is 5.56 Å². The summed E-state index contributed by atoms with van der Waals surface area (Å²) in [5.74, 6) is -0.539. The molecule has 0 N–H and O–H groups in total. The summed E-state index contributed by atoms with van der Waals surface area (Å²) < 4.78 is 43.5. The van der Waals surface area contributed by atoms with Crippen molar-refractivity contribution >= 4 is 5.78 Å². The molecule has 0 radical (unpaired) electrons. The summed E-state index contributed by atoms with van der Waals surface area (Å²) in [4.78, 5) is 11.0. The van der Waals surface area contributed by atoms with Crippen molar-refractivity contribution in [3.05, 3.63) is 24.2 Å². The van der Waals surface area contributed by atoms with Gasteiger partial charge >= 0.3 is 6.18 Å². The van der Waals surface area contributed by atoms with Crippen LogP contribution >= 0.6 is 0 Å². The predicted molar refractivity (Wildman–Crippen MR) is 39.9 cm³/mol. The molecule has 1 rings (SSSR count). The first-order valence-corrected chi connectivity index (χ1v) is 3.69. The summed E-state index contributed by atoms with van der Waals surface area (Å²) >= 11 is 0. The largest absolute Gasteiger partial charge is 0.472 e. The van der Waals surface area contributed by atoms with E-state index >= 15 is 0 Å². The molecule has 78 valence electrons. The average Bonchev–Trinajstić information content (AvgIpc) is 2.53. The summed E-state index contributed by atoms with van der Waals surface area (Å²) in [7, 11) is 0. The fourth-order valence-corrected chi connectivity index (χ4v) is 0.766. The molecular weight excluding hydrogens is 201 g/mol. The molecule has 0 bridgehead atoms. The highest BCUT2D eigenvalue weighted by molar-refractivity contribution is 5.96. The van der Waals surface area contributed by atoms with Crippen molar-refractivity contribution < 1.29 is 27.1 Å². The molecular formula is C8H7F3O3. The van der Waals surface area contributed by atoms with E-state index in [0.29, 0.717) is 0 Å². The summed E-state index contributed by atoms with van der Waals surface area (Å²) in [6, 6.07) is 1.36. The van der Waals surface area contributed by atoms with Crippen LogP contribution in [-0.4, -0.2) is 25.2 Å². The summed E-state index contributed by atoms with van der Waals surface area (Å²) in [6.07, 6.45) is -1.99. The number of hydrogen-bond donors (Lipinski definition) is 0. The van der Waals surface area contributed by atoms with Gasteiger partial charge < -0.3 is 9.15 Å². The SMILES string of the molecule is O=C(COCC(F)(F)F)c1ccoc1. The van der Waals surface area contributed by atoms with Crippen LogP contribution in [0.4, 0.5) is 13.2 Å². The van der Waals surface area contributed by atoms with Gasteiger partial charge in [0, 0.05) is 0 Å². The molecule has 0 saturated carbocycles. The highest BCUT2D eigenvalue weighted by atomic mass is 19.4. The minimum absolute atomic E-state index is 0.201. The maximum atomic E-state index is 11.6. The Morgan fingerprint density at radius 3 is 2.71 bits per heavy atom. The van der Waals surface area contributed by atoms with Gasteiger partial charge in [-0.1, -0.05) is 0 Å². The third-order valence-electron chi connectivity index (χ3n) is 1.34. The minimum Gasteiger partial charge on any atom is -0.472 e. The molecule has 0 amide bonds. The minimum atomic E-state index is -4.41. The Labute approximate surface area is 77.5 Å². The van der Waals surface area contributed by atoms with Gasteiger partial charge in [-0.15, -0.1) is 0 Å². The van der Waals surface area contributed by atoms with Gasteiger partial charge in [0.25, 0.3) is 0 Å². The normalized spacial score (nSPS) is 11.6. The molecule has 3 nitrogen and oxygen atoms in total. The molecule has 1 aromatic rings. The quantitative estimate of drug-likeness (QED) is 0.711. The van der Waals surface area contributed by atoms with Crippen LogP contribution in [0.1, 0.15) is 10.4 Å². The molecule has 0 aliphatic rings. The number of ether oxygens (including phenoxy) is 1. The van der Waals surface area contributed by atoms with Gasteiger partial charge in [-0.3, -0.25) is 4.79 Å². The van der Waals surface area contributed by atoms with Crippen molar-refractivity contribution in [2.45, 2.75) is 6.18 Å². The monoisotopic (exact) mass is 208 g/mol. The number of halogens is 3. The van der Waals surface area contributed by atoms with Gasteiger partial charge in [-0.25, -0.2) is 0 Å². The molecule has 6 heteroatoms. The standard InChI is InChI=1S/C8H7F3O3/c9-8(10,11)5-14-4-7(12)6-1-2-13-3-6/h1-3H,4-5H2. The Hall–Kier alpha value is -1.30. The van der Waals surface area contributed by atoms with E-state index in [4.69, 9.17) is 0 Å². The van der Waals surface area contributed by atoms with Crippen LogP contribution < -0.4 is 0 Å². The van der Waals surface area contributed by atoms with Crippen molar-refractivity contribution in [1.82, 2.24) is 0 Å². The average molecular weight is 208 g/mol. The van der Waals surface area contributed by atoms with Crippen molar-refractivity contribution in [3.8, 4) is 0 Å². The van der Waals surface area contributed by atoms with Crippen LogP contribution in [0.25, 0.3) is 0 Å². The van der Waals surface area contributed by atoms with Gasteiger partial charge in [0.15, 0.2) is 5.78 Å². The number of alkyl halides is 3. The summed E-state index contributed by atoms with van der Waals surface area (Å²) in [6.45, 7) is -2.02. The molecule has 14 heavy (non-hydrogen) atoms. The zero-order valence-electron chi connectivity index (χ0n) is 7.00. The molecule has 0 saturated heterocycles. The molecule has 0 aliphatic carbocycles. The van der Waals surface area contributed by atoms with Crippen molar-refractivity contribution in [3.63, 3.8) is 0 Å². The van der Waals surface area contributed by atoms with Crippen LogP contribution in [0, 0.1) is 0 Å². The van der Waals surface area contributed by atoms with Gasteiger partial charge in [0.1, 0.15) is 19.5 Å². The second kappa shape index (κ2) is 4.28. The van der Waals surface area contributed by atoms with Crippen molar-refractivity contribution in [2.75, 3.05) is 13.2 Å². The van der Waals surface area contributed by atoms with Crippen molar-refractivity contribution in [1.29, 1.82) is 0 Å². The molecule has 0 aliphatic heterocycles. The van der Waals surface area contributed by atoms with Crippen molar-refractivity contribution in [2.24, 2.45) is 0 Å². The fourth-order valence-electron chi connectivity index (χ4n) is 0.766. The van der Waals surface area contributed by atoms with E-state index in [1.807, 2.05) is 0 Å². The molecule has 0 fully saturated rings. The van der Waals surface area contributed by atoms with E-state index in [9.17, 15) is 18.0 Å². The van der Waals surface area contributed by atoms with Crippen LogP contribution in [0.2, 0.25) is 0 Å². The molecule has 0 atom stereocenters. The second-order valence-corrected chi connectivity index (χ2v) is 2.54. The summed E-state index contributed by atoms with van der Waals surface area (Å²) in [5.41, 5.74) is 0.201. The molecule has 0 aromatic carbocycles. The number of rotatable bonds is 4. The zero-order valence-corrected chi connectivity index (χ0v) is 7.00. The Bertz CT molecular complexity index is 289. The number of ketones is 1. The van der Waals surface area contributed by atoms with Gasteiger partial charge in [-0.2, -0.15) is 13.2 Å². The Kier molecular flexibility index (Phi) is 3.29. The zero-order chi connectivity index (χ0) is 10.6. The lowest BCUT2D eigenvalue weighted by Crippen LogP contribution is -2.20. The molecule has 1 heterocycles. The molecule has 0 unspecified atom stereocenters. The number of Topliss-reactive ketones (excluding diaryl/α,β-unsaturated/α-hetero) is 1. The second-order valence-electron chi connectivity index (χ2n) is 2.54. The Morgan fingerprint density at radius 2 is 2.21 bits per heavy atom. The lowest BCUT2D eigenvalue weighted by Gasteiger charge is -2.05. The first-order chi connectivity index (χ1) is 6.49. The lowest BCUT2D eigenvalue weighted by molar-refractivity contribution is -0.170. The maximum Gasteiger partial charge on any atom is 0.411 e. The van der Waals surface area contributed by atoms with Gasteiger partial charge in [0.05, 0.1) is 11.8 Å². The van der Waals surface area contributed by atoms with E-state index in [1.54, 1.807) is 0 Å². The third-order valence-corrected chi connectivity index (χ3v) is 1.34. The van der Waals surface area contributed by atoms with E-state index in [0.717, 1.165) is 6.26 Å². The first kappa shape index (κ1) is 10.8. The van der Waals surface area contributed by atoms with Crippen LogP contribution in [0.15, 0.2) is 23.0 Å². The van der Waals surface area contributed by atoms with Crippen LogP contribution in [0.3, 0.4) is 0 Å². The topological polar surface area (TPSA) is 39.4 Å². The number of hydrogen-bond acceptors (Lipinski definition) is 3. The Morgan fingerprint density at radius 1 is 1.50 bits per heavy atom. The lowest BCUT2D eigenvalue weighted by atomic mass is 10.2. The molecule has 1 aromatic heterocycles. The van der Waals surface area contributed by atoms with E-state index < -0.39 is 25.2 Å². The number of carbonyl (C=O) groups is 1. The number of furan rings is 1. The summed E-state index contributed by atoms with van der Waals surface area (Å²) in [5, 5.41) is 0. The van der Waals surface area contributed by atoms with Crippen LogP contribution in [0.5, 0.6) is 0 Å². The smallest absolute Gasteiger partial charge is 0.411 e. The fraction of sp³-hybridized carbons (Fsp3) is 0.375. The first-order valence-electron chi connectivity index (χ1n) is 3.69. The molecule has 0 spiro atoms. The highest BCUT2D eigenvalue weighted by Crippen LogP contribution is 2.14. The third kappa shape index (κ3) is 3.61. The number of carbonyl (C=O) groups excluding carboxylic acids is 1. The van der Waals surface area contributed by atoms with E-state index in [1.165, 1.54) is 12.3 Å². The van der Waals surface area contributed by atoms with Gasteiger partial charge in [0.2, 0.25) is 0 Å². The Balaban J connectivity index is 2.30.